The molecule has 1 saturated carbocycles. The molecule has 21 heavy (non-hydrogen) atoms. The average Bonchev–Trinajstić information content (AvgIpc) is 3.03. The molecule has 11 heteroatoms. The molecule has 1 aliphatic rings. The van der Waals surface area contributed by atoms with E-state index >= 15 is 0 Å². The average molecular weight is 291 g/mol. The lowest BCUT2D eigenvalue weighted by Gasteiger charge is -2.17. The number of aliphatic hydroxyl groups is 2. The van der Waals surface area contributed by atoms with E-state index in [0.717, 1.165) is 0 Å². The number of nitrogens with zero attached hydrogens (tertiary/aromatic N) is 8. The number of nitrogens with two attached hydrogens (primary N) is 1. The number of aromatic nitrogens is 5. The van der Waals surface area contributed by atoms with Crippen molar-refractivity contribution < 1.29 is 10.2 Å². The summed E-state index contributed by atoms with van der Waals surface area (Å²) < 4.78 is 1.44. The lowest BCUT2D eigenvalue weighted by atomic mass is 10.1. The van der Waals surface area contributed by atoms with Crippen LogP contribution in [0.1, 0.15) is 12.5 Å². The minimum Gasteiger partial charge on any atom is -0.396 e. The van der Waals surface area contributed by atoms with Gasteiger partial charge < -0.3 is 15.9 Å². The topological polar surface area (TPSA) is 172 Å². The van der Waals surface area contributed by atoms with Gasteiger partial charge >= 0.3 is 0 Å². The first kappa shape index (κ1) is 13.5. The second kappa shape index (κ2) is 5.13. The zero-order chi connectivity index (χ0) is 15.0. The summed E-state index contributed by atoms with van der Waals surface area (Å²) in [6.45, 7) is -0.193. The summed E-state index contributed by atoms with van der Waals surface area (Å²) in [5, 5.41) is 31.1. The van der Waals surface area contributed by atoms with Crippen molar-refractivity contribution in [1.82, 2.24) is 25.0 Å². The van der Waals surface area contributed by atoms with Crippen LogP contribution in [0.15, 0.2) is 11.4 Å². The van der Waals surface area contributed by atoms with Crippen LogP contribution >= 0.6 is 0 Å². The van der Waals surface area contributed by atoms with Crippen LogP contribution in [-0.4, -0.2) is 53.9 Å². The summed E-state index contributed by atoms with van der Waals surface area (Å²) in [4.78, 5) is 10.6. The van der Waals surface area contributed by atoms with Gasteiger partial charge in [-0.05, 0) is 17.9 Å². The van der Waals surface area contributed by atoms with Crippen molar-refractivity contribution in [3.63, 3.8) is 0 Å². The molecule has 110 valence electrons. The number of anilines is 1. The van der Waals surface area contributed by atoms with Crippen molar-refractivity contribution in [2.75, 3.05) is 12.3 Å². The van der Waals surface area contributed by atoms with Gasteiger partial charge in [0.2, 0.25) is 0 Å². The summed E-state index contributed by atoms with van der Waals surface area (Å²) in [7, 11) is 0. The van der Waals surface area contributed by atoms with Crippen LogP contribution in [0.3, 0.4) is 0 Å². The molecular formula is C10H13N9O2. The fourth-order valence-electron chi connectivity index (χ4n) is 2.75. The molecule has 1 fully saturated rings. The molecule has 4 atom stereocenters. The predicted molar refractivity (Wildman–Crippen MR) is 70.7 cm³/mol. The minimum absolute atomic E-state index is 0.193. The first-order valence-electron chi connectivity index (χ1n) is 6.32. The molecule has 0 aliphatic heterocycles. The molecule has 0 saturated heterocycles. The Labute approximate surface area is 118 Å². The molecule has 4 unspecified atom stereocenters. The Morgan fingerprint density at radius 1 is 1.52 bits per heavy atom. The van der Waals surface area contributed by atoms with Gasteiger partial charge in [-0.1, -0.05) is 10.3 Å². The number of fused-ring (bicyclic) bond motifs is 1. The Kier molecular flexibility index (Phi) is 3.29. The first-order chi connectivity index (χ1) is 10.2. The molecular weight excluding hydrogens is 278 g/mol. The minimum atomic E-state index is -0.987. The first-order valence-corrected chi connectivity index (χ1v) is 6.32. The maximum Gasteiger partial charge on any atom is 0.184 e. The lowest BCUT2D eigenvalue weighted by Crippen LogP contribution is -2.29. The summed E-state index contributed by atoms with van der Waals surface area (Å²) in [6.07, 6.45) is 0.691. The highest BCUT2D eigenvalue weighted by molar-refractivity contribution is 5.80. The highest BCUT2D eigenvalue weighted by Gasteiger charge is 2.43. The Bertz CT molecular complexity index is 710. The van der Waals surface area contributed by atoms with Gasteiger partial charge in [-0.15, -0.1) is 5.10 Å². The zero-order valence-corrected chi connectivity index (χ0v) is 10.9. The standard InChI is InChI=1S/C10H13N9O2/c11-9-7-10(14-3-13-9)19(18-16-7)5-1-4(2-20)6(8(5)21)15-17-12/h3-6,8,20-21H,1-2H2,(H2,11,13,14). The lowest BCUT2D eigenvalue weighted by molar-refractivity contribution is 0.109. The van der Waals surface area contributed by atoms with Crippen LogP contribution in [0.2, 0.25) is 0 Å². The summed E-state index contributed by atoms with van der Waals surface area (Å²) in [5.74, 6) is -0.150. The van der Waals surface area contributed by atoms with Crippen molar-refractivity contribution in [2.24, 2.45) is 11.0 Å². The fourth-order valence-corrected chi connectivity index (χ4v) is 2.75. The van der Waals surface area contributed by atoms with Gasteiger partial charge in [0.1, 0.15) is 6.33 Å². The van der Waals surface area contributed by atoms with Gasteiger partial charge in [0.15, 0.2) is 17.0 Å². The van der Waals surface area contributed by atoms with E-state index in [2.05, 4.69) is 30.3 Å². The third kappa shape index (κ3) is 2.03. The SMILES string of the molecule is [N-]=[N+]=NC1C(CO)CC(n2nnc3c(N)ncnc32)C1O. The van der Waals surface area contributed by atoms with Crippen LogP contribution in [0.25, 0.3) is 21.6 Å². The van der Waals surface area contributed by atoms with Gasteiger partial charge in [-0.25, -0.2) is 14.6 Å². The Morgan fingerprint density at radius 2 is 2.33 bits per heavy atom. The van der Waals surface area contributed by atoms with Crippen molar-refractivity contribution in [3.8, 4) is 0 Å². The second-order valence-electron chi connectivity index (χ2n) is 4.90. The number of hydrogen-bond acceptors (Lipinski definition) is 8. The van der Waals surface area contributed by atoms with Gasteiger partial charge in [0.05, 0.1) is 18.2 Å². The molecule has 0 radical (unpaired) electrons. The van der Waals surface area contributed by atoms with E-state index in [-0.39, 0.29) is 18.3 Å². The predicted octanol–water partition coefficient (Wildman–Crippen LogP) is -0.603. The van der Waals surface area contributed by atoms with E-state index in [1.165, 1.54) is 11.0 Å². The number of aliphatic hydroxyl groups excluding tert-OH is 2. The monoisotopic (exact) mass is 291 g/mol. The normalized spacial score (nSPS) is 28.7. The van der Waals surface area contributed by atoms with Crippen LogP contribution in [0.5, 0.6) is 0 Å². The van der Waals surface area contributed by atoms with Crippen LogP contribution < -0.4 is 5.73 Å². The summed E-state index contributed by atoms with van der Waals surface area (Å²) in [5.41, 5.74) is 15.0. The molecule has 0 amide bonds. The van der Waals surface area contributed by atoms with E-state index < -0.39 is 18.2 Å². The number of hydrogen-bond donors (Lipinski definition) is 3. The zero-order valence-electron chi connectivity index (χ0n) is 10.9. The van der Waals surface area contributed by atoms with Crippen molar-refractivity contribution >= 4 is 17.0 Å². The third-order valence-corrected chi connectivity index (χ3v) is 3.79. The van der Waals surface area contributed by atoms with Crippen molar-refractivity contribution in [1.29, 1.82) is 0 Å². The van der Waals surface area contributed by atoms with E-state index in [0.29, 0.717) is 17.6 Å². The molecule has 0 bridgehead atoms. The fraction of sp³-hybridized carbons (Fsp3) is 0.600. The van der Waals surface area contributed by atoms with Crippen molar-refractivity contribution in [3.05, 3.63) is 16.8 Å². The Hall–Kier alpha value is -2.49. The largest absolute Gasteiger partial charge is 0.396 e. The van der Waals surface area contributed by atoms with Gasteiger partial charge in [0, 0.05) is 11.5 Å². The molecule has 4 N–H and O–H groups in total. The van der Waals surface area contributed by atoms with Crippen LogP contribution in [0.4, 0.5) is 5.82 Å². The molecule has 0 aromatic carbocycles. The second-order valence-corrected chi connectivity index (χ2v) is 4.90. The van der Waals surface area contributed by atoms with Crippen LogP contribution in [0, 0.1) is 5.92 Å². The molecule has 11 nitrogen and oxygen atoms in total. The third-order valence-electron chi connectivity index (χ3n) is 3.79. The van der Waals surface area contributed by atoms with Crippen molar-refractivity contribution in [2.45, 2.75) is 24.6 Å². The van der Waals surface area contributed by atoms with Crippen LogP contribution in [-0.2, 0) is 0 Å². The molecule has 0 spiro atoms. The number of nitrogen functional groups attached to an aromatic ring is 1. The van der Waals surface area contributed by atoms with E-state index in [1.54, 1.807) is 0 Å². The molecule has 3 rings (SSSR count). The molecule has 2 aromatic heterocycles. The maximum absolute atomic E-state index is 10.3. The summed E-state index contributed by atoms with van der Waals surface area (Å²) in [6, 6.07) is -1.22. The van der Waals surface area contributed by atoms with E-state index in [9.17, 15) is 10.2 Å². The maximum atomic E-state index is 10.3. The van der Waals surface area contributed by atoms with Gasteiger partial charge in [-0.2, -0.15) is 0 Å². The summed E-state index contributed by atoms with van der Waals surface area (Å²) >= 11 is 0. The van der Waals surface area contributed by atoms with Gasteiger partial charge in [0.25, 0.3) is 0 Å². The van der Waals surface area contributed by atoms with Gasteiger partial charge in [-0.3, -0.25) is 0 Å². The molecule has 1 aliphatic carbocycles. The highest BCUT2D eigenvalue weighted by Crippen LogP contribution is 2.37. The molecule has 2 heterocycles. The van der Waals surface area contributed by atoms with E-state index in [4.69, 9.17) is 11.3 Å². The Morgan fingerprint density at radius 3 is 3.05 bits per heavy atom. The quantitative estimate of drug-likeness (QED) is 0.384. The van der Waals surface area contributed by atoms with E-state index in [1.807, 2.05) is 0 Å². The highest BCUT2D eigenvalue weighted by atomic mass is 16.3. The number of azide groups is 1. The smallest absolute Gasteiger partial charge is 0.184 e. The number of rotatable bonds is 3. The Balaban J connectivity index is 2.03. The molecule has 2 aromatic rings.